The van der Waals surface area contributed by atoms with Gasteiger partial charge in [0, 0.05) is 24.2 Å². The Bertz CT molecular complexity index is 704. The Morgan fingerprint density at radius 2 is 2.00 bits per heavy atom. The second-order valence-corrected chi connectivity index (χ2v) is 6.67. The van der Waals surface area contributed by atoms with Gasteiger partial charge in [0.2, 0.25) is 6.41 Å². The zero-order valence-corrected chi connectivity index (χ0v) is 14.4. The highest BCUT2D eigenvalue weighted by molar-refractivity contribution is 5.65. The molecular weight excluding hydrogens is 315 g/mol. The van der Waals surface area contributed by atoms with Gasteiger partial charge in [-0.3, -0.25) is 4.79 Å². The monoisotopic (exact) mass is 340 g/mol. The number of benzene rings is 2. The molecule has 25 heavy (non-hydrogen) atoms. The quantitative estimate of drug-likeness (QED) is 0.558. The molecule has 2 aromatic carbocycles. The first-order chi connectivity index (χ1) is 12.3. The van der Waals surface area contributed by atoms with E-state index in [1.54, 1.807) is 6.07 Å². The van der Waals surface area contributed by atoms with Crippen LogP contribution >= 0.6 is 0 Å². The third kappa shape index (κ3) is 4.67. The largest absolute Gasteiger partial charge is 0.359 e. The van der Waals surface area contributed by atoms with Gasteiger partial charge < -0.3 is 10.6 Å². The molecule has 3 rings (SSSR count). The second kappa shape index (κ2) is 8.77. The van der Waals surface area contributed by atoms with Crippen molar-refractivity contribution in [2.45, 2.75) is 44.2 Å². The molecule has 2 unspecified atom stereocenters. The highest BCUT2D eigenvalue weighted by Gasteiger charge is 2.24. The molecule has 4 heteroatoms. The molecule has 2 aromatic rings. The Hall–Kier alpha value is -2.20. The van der Waals surface area contributed by atoms with Crippen molar-refractivity contribution in [3.63, 3.8) is 0 Å². The van der Waals surface area contributed by atoms with Gasteiger partial charge in [0.1, 0.15) is 5.82 Å². The van der Waals surface area contributed by atoms with Crippen molar-refractivity contribution in [1.29, 1.82) is 0 Å². The first-order valence-corrected chi connectivity index (χ1v) is 9.06. The fraction of sp³-hybridized carbons (Fsp3) is 0.381. The number of carbonyl (C=O) groups excluding carboxylic acids is 1. The Labute approximate surface area is 148 Å². The lowest BCUT2D eigenvalue weighted by Crippen LogP contribution is -2.24. The summed E-state index contributed by atoms with van der Waals surface area (Å²) in [6, 6.07) is 16.0. The number of carbonyl (C=O) groups is 1. The van der Waals surface area contributed by atoms with Crippen LogP contribution in [0.3, 0.4) is 0 Å². The summed E-state index contributed by atoms with van der Waals surface area (Å²) in [6.07, 6.45) is 6.29. The molecule has 0 bridgehead atoms. The average molecular weight is 340 g/mol. The topological polar surface area (TPSA) is 41.1 Å². The molecular formula is C21H25FN2O. The average Bonchev–Trinajstić information content (AvgIpc) is 3.11. The molecule has 0 saturated carbocycles. The van der Waals surface area contributed by atoms with E-state index >= 15 is 0 Å². The van der Waals surface area contributed by atoms with E-state index in [1.165, 1.54) is 11.6 Å². The molecule has 0 aromatic heterocycles. The molecule has 1 aliphatic rings. The molecule has 0 aliphatic carbocycles. The van der Waals surface area contributed by atoms with Gasteiger partial charge in [0.25, 0.3) is 0 Å². The highest BCUT2D eigenvalue weighted by Crippen LogP contribution is 2.31. The summed E-state index contributed by atoms with van der Waals surface area (Å²) in [6.45, 7) is 0.754. The van der Waals surface area contributed by atoms with E-state index < -0.39 is 0 Å². The van der Waals surface area contributed by atoms with Gasteiger partial charge in [-0.1, -0.05) is 42.8 Å². The summed E-state index contributed by atoms with van der Waals surface area (Å²) in [5.41, 5.74) is 2.81. The number of amides is 1. The fourth-order valence-electron chi connectivity index (χ4n) is 3.60. The van der Waals surface area contributed by atoms with E-state index in [0.29, 0.717) is 17.6 Å². The van der Waals surface area contributed by atoms with Crippen molar-refractivity contribution in [3.05, 3.63) is 59.9 Å². The lowest BCUT2D eigenvalue weighted by atomic mass is 9.98. The molecule has 3 nitrogen and oxygen atoms in total. The van der Waals surface area contributed by atoms with Gasteiger partial charge in [-0.2, -0.15) is 0 Å². The Kier molecular flexibility index (Phi) is 6.18. The van der Waals surface area contributed by atoms with Crippen molar-refractivity contribution in [2.75, 3.05) is 6.54 Å². The third-order valence-corrected chi connectivity index (χ3v) is 4.92. The molecule has 0 radical (unpaired) electrons. The van der Waals surface area contributed by atoms with Gasteiger partial charge >= 0.3 is 0 Å². The molecule has 1 heterocycles. The van der Waals surface area contributed by atoms with Crippen molar-refractivity contribution < 1.29 is 9.18 Å². The minimum atomic E-state index is -0.180. The maximum absolute atomic E-state index is 14.0. The maximum atomic E-state index is 14.0. The number of nitrogens with one attached hydrogen (secondary N) is 2. The van der Waals surface area contributed by atoms with Crippen LogP contribution in [0.25, 0.3) is 11.1 Å². The molecule has 2 atom stereocenters. The van der Waals surface area contributed by atoms with E-state index in [1.807, 2.05) is 24.3 Å². The smallest absolute Gasteiger partial charge is 0.207 e. The molecule has 1 fully saturated rings. The Morgan fingerprint density at radius 1 is 1.12 bits per heavy atom. The van der Waals surface area contributed by atoms with Gasteiger partial charge in [-0.15, -0.1) is 0 Å². The first-order valence-electron chi connectivity index (χ1n) is 9.06. The lowest BCUT2D eigenvalue weighted by Gasteiger charge is -2.16. The second-order valence-electron chi connectivity index (χ2n) is 6.67. The van der Waals surface area contributed by atoms with Crippen LogP contribution < -0.4 is 10.6 Å². The maximum Gasteiger partial charge on any atom is 0.207 e. The summed E-state index contributed by atoms with van der Waals surface area (Å²) in [4.78, 5) is 10.2. The predicted octanol–water partition coefficient (Wildman–Crippen LogP) is 4.20. The Balaban J connectivity index is 1.59. The summed E-state index contributed by atoms with van der Waals surface area (Å²) < 4.78 is 14.0. The van der Waals surface area contributed by atoms with E-state index in [4.69, 9.17) is 0 Å². The number of unbranched alkanes of at least 4 members (excludes halogenated alkanes) is 1. The van der Waals surface area contributed by atoms with Gasteiger partial charge in [0.15, 0.2) is 0 Å². The van der Waals surface area contributed by atoms with E-state index in [9.17, 15) is 9.18 Å². The summed E-state index contributed by atoms with van der Waals surface area (Å²) >= 11 is 0. The Morgan fingerprint density at radius 3 is 2.84 bits per heavy atom. The first kappa shape index (κ1) is 17.6. The van der Waals surface area contributed by atoms with Gasteiger partial charge in [0.05, 0.1) is 0 Å². The molecule has 132 valence electrons. The standard InChI is InChI=1S/C21H25FN2O/c22-20-10-2-1-9-19(20)16-6-5-7-17(14-16)21-12-11-18(24-21)8-3-4-13-23-15-25/h1-2,5-7,9-10,14-15,18,21,24H,3-4,8,11-13H2,(H,23,25). The SMILES string of the molecule is O=CNCCCCC1CCC(c2cccc(-c3ccccc3F)c2)N1. The number of halogens is 1. The molecule has 0 spiro atoms. The van der Waals surface area contributed by atoms with Crippen LogP contribution in [-0.4, -0.2) is 19.0 Å². The van der Waals surface area contributed by atoms with Crippen molar-refractivity contribution in [2.24, 2.45) is 0 Å². The van der Waals surface area contributed by atoms with Crippen LogP contribution in [-0.2, 0) is 4.79 Å². The summed E-state index contributed by atoms with van der Waals surface area (Å²) in [5.74, 6) is -0.180. The van der Waals surface area contributed by atoms with Crippen LogP contribution in [0.1, 0.15) is 43.7 Å². The predicted molar refractivity (Wildman–Crippen MR) is 98.7 cm³/mol. The minimum absolute atomic E-state index is 0.180. The summed E-state index contributed by atoms with van der Waals surface area (Å²) in [5, 5.41) is 6.41. The van der Waals surface area contributed by atoms with Crippen LogP contribution in [0.15, 0.2) is 48.5 Å². The molecule has 1 amide bonds. The zero-order valence-electron chi connectivity index (χ0n) is 14.4. The molecule has 1 saturated heterocycles. The zero-order chi connectivity index (χ0) is 17.5. The lowest BCUT2D eigenvalue weighted by molar-refractivity contribution is -0.109. The normalized spacial score (nSPS) is 19.7. The number of hydrogen-bond donors (Lipinski definition) is 2. The summed E-state index contributed by atoms with van der Waals surface area (Å²) in [7, 11) is 0. The van der Waals surface area contributed by atoms with Crippen molar-refractivity contribution in [1.82, 2.24) is 10.6 Å². The third-order valence-electron chi connectivity index (χ3n) is 4.92. The van der Waals surface area contributed by atoms with E-state index in [0.717, 1.165) is 50.6 Å². The van der Waals surface area contributed by atoms with Crippen LogP contribution in [0, 0.1) is 5.82 Å². The van der Waals surface area contributed by atoms with Crippen molar-refractivity contribution >= 4 is 6.41 Å². The van der Waals surface area contributed by atoms with Crippen LogP contribution in [0.4, 0.5) is 4.39 Å². The van der Waals surface area contributed by atoms with Gasteiger partial charge in [-0.25, -0.2) is 4.39 Å². The van der Waals surface area contributed by atoms with Crippen LogP contribution in [0.2, 0.25) is 0 Å². The number of rotatable bonds is 8. The highest BCUT2D eigenvalue weighted by atomic mass is 19.1. The number of hydrogen-bond acceptors (Lipinski definition) is 2. The van der Waals surface area contributed by atoms with E-state index in [2.05, 4.69) is 22.8 Å². The fourth-order valence-corrected chi connectivity index (χ4v) is 3.60. The van der Waals surface area contributed by atoms with Crippen LogP contribution in [0.5, 0.6) is 0 Å². The minimum Gasteiger partial charge on any atom is -0.359 e. The van der Waals surface area contributed by atoms with E-state index in [-0.39, 0.29) is 5.82 Å². The molecule has 1 aliphatic heterocycles. The van der Waals surface area contributed by atoms with Gasteiger partial charge in [-0.05, 0) is 48.9 Å². The van der Waals surface area contributed by atoms with Crippen molar-refractivity contribution in [3.8, 4) is 11.1 Å². The molecule has 2 N–H and O–H groups in total.